The van der Waals surface area contributed by atoms with Crippen molar-refractivity contribution in [3.8, 4) is 0 Å². The molecule has 0 spiro atoms. The van der Waals surface area contributed by atoms with E-state index in [9.17, 15) is 0 Å². The van der Waals surface area contributed by atoms with Gasteiger partial charge in [-0.1, -0.05) is 19.8 Å². The molecule has 0 heterocycles. The second-order valence-electron chi connectivity index (χ2n) is 3.02. The van der Waals surface area contributed by atoms with Crippen molar-refractivity contribution < 1.29 is 0 Å². The minimum atomic E-state index is 0.520. The summed E-state index contributed by atoms with van der Waals surface area (Å²) >= 11 is 0. The molecular formula is C8H14. The van der Waals surface area contributed by atoms with Gasteiger partial charge in [0.2, 0.25) is 0 Å². The van der Waals surface area contributed by atoms with Crippen molar-refractivity contribution in [2.45, 2.75) is 32.6 Å². The van der Waals surface area contributed by atoms with Gasteiger partial charge in [0.15, 0.2) is 0 Å². The summed E-state index contributed by atoms with van der Waals surface area (Å²) in [6, 6.07) is 0. The van der Waals surface area contributed by atoms with Gasteiger partial charge in [-0.3, -0.25) is 0 Å². The van der Waals surface area contributed by atoms with Gasteiger partial charge in [-0.2, -0.15) is 0 Å². The predicted molar refractivity (Wildman–Crippen MR) is 35.4 cm³/mol. The zero-order chi connectivity index (χ0) is 5.98. The molecule has 0 N–H and O–H groups in total. The molecule has 0 saturated heterocycles. The normalized spacial score (nSPS) is 39.8. The molecule has 1 saturated carbocycles. The monoisotopic (exact) mass is 110 g/mol. The van der Waals surface area contributed by atoms with Gasteiger partial charge in [-0.15, -0.1) is 0 Å². The van der Waals surface area contributed by atoms with E-state index in [-0.39, 0.29) is 0 Å². The van der Waals surface area contributed by atoms with Crippen LogP contribution >= 0.6 is 0 Å². The summed E-state index contributed by atoms with van der Waals surface area (Å²) in [5.74, 6) is 1.46. The second kappa shape index (κ2) is 2.52. The maximum Gasteiger partial charge on any atom is -0.0318 e. The Labute approximate surface area is 52.3 Å². The topological polar surface area (TPSA) is 0 Å². The van der Waals surface area contributed by atoms with Crippen LogP contribution in [0.2, 0.25) is 0 Å². The minimum Gasteiger partial charge on any atom is -0.0625 e. The largest absolute Gasteiger partial charge is 0.0625 e. The van der Waals surface area contributed by atoms with Crippen molar-refractivity contribution >= 4 is 0 Å². The lowest BCUT2D eigenvalue weighted by Gasteiger charge is -2.22. The van der Waals surface area contributed by atoms with Crippen LogP contribution in [-0.4, -0.2) is 0 Å². The maximum absolute atomic E-state index is 5.70. The van der Waals surface area contributed by atoms with E-state index in [4.69, 9.17) is 6.92 Å². The van der Waals surface area contributed by atoms with Crippen LogP contribution in [0.15, 0.2) is 0 Å². The summed E-state index contributed by atoms with van der Waals surface area (Å²) in [6.07, 6.45) is 5.20. The van der Waals surface area contributed by atoms with Crippen LogP contribution in [0.4, 0.5) is 0 Å². The molecule has 0 heteroatoms. The lowest BCUT2D eigenvalue weighted by atomic mass is 9.84. The van der Waals surface area contributed by atoms with E-state index < -0.39 is 0 Å². The lowest BCUT2D eigenvalue weighted by Crippen LogP contribution is -2.08. The Morgan fingerprint density at radius 1 is 1.12 bits per heavy atom. The summed E-state index contributed by atoms with van der Waals surface area (Å²) in [5.41, 5.74) is 0. The lowest BCUT2D eigenvalue weighted by molar-refractivity contribution is 0.329. The van der Waals surface area contributed by atoms with Crippen LogP contribution in [0.5, 0.6) is 0 Å². The van der Waals surface area contributed by atoms with E-state index in [0.717, 1.165) is 5.92 Å². The summed E-state index contributed by atoms with van der Waals surface area (Å²) in [5, 5.41) is 0. The van der Waals surface area contributed by atoms with Crippen molar-refractivity contribution in [3.05, 3.63) is 6.92 Å². The molecule has 0 aromatic heterocycles. The first-order chi connectivity index (χ1) is 3.79. The van der Waals surface area contributed by atoms with Gasteiger partial charge in [0.25, 0.3) is 0 Å². The molecule has 0 atom stereocenters. The van der Waals surface area contributed by atoms with E-state index in [1.807, 2.05) is 0 Å². The molecule has 1 aliphatic rings. The highest BCUT2D eigenvalue weighted by Crippen LogP contribution is 2.26. The van der Waals surface area contributed by atoms with Crippen molar-refractivity contribution in [2.24, 2.45) is 11.8 Å². The van der Waals surface area contributed by atoms with Gasteiger partial charge < -0.3 is 0 Å². The van der Waals surface area contributed by atoms with Gasteiger partial charge in [-0.25, -0.2) is 0 Å². The molecular weight excluding hydrogens is 96.1 g/mol. The summed E-state index contributed by atoms with van der Waals surface area (Å²) in [4.78, 5) is 0. The van der Waals surface area contributed by atoms with Gasteiger partial charge in [0.05, 0.1) is 0 Å². The van der Waals surface area contributed by atoms with Crippen molar-refractivity contribution in [2.75, 3.05) is 0 Å². The van der Waals surface area contributed by atoms with E-state index in [1.165, 1.54) is 25.7 Å². The van der Waals surface area contributed by atoms with Crippen molar-refractivity contribution in [3.63, 3.8) is 0 Å². The summed E-state index contributed by atoms with van der Waals surface area (Å²) in [7, 11) is 0. The van der Waals surface area contributed by atoms with Crippen LogP contribution < -0.4 is 0 Å². The number of rotatable bonds is 0. The minimum absolute atomic E-state index is 0.520. The standard InChI is InChI=1S/C8H14/c1-7-3-5-8(2)6-4-7/h1,7-8H,3-6H2,2H3. The molecule has 1 rings (SSSR count). The maximum atomic E-state index is 5.70. The van der Waals surface area contributed by atoms with E-state index in [1.54, 1.807) is 0 Å². The third-order valence-corrected chi connectivity index (χ3v) is 2.06. The second-order valence-corrected chi connectivity index (χ2v) is 3.02. The van der Waals surface area contributed by atoms with Crippen LogP contribution in [0.25, 0.3) is 0 Å². The fourth-order valence-corrected chi connectivity index (χ4v) is 1.29. The molecule has 0 unspecified atom stereocenters. The quantitative estimate of drug-likeness (QED) is 0.449. The third kappa shape index (κ3) is 1.50. The van der Waals surface area contributed by atoms with Crippen molar-refractivity contribution in [1.29, 1.82) is 0 Å². The zero-order valence-corrected chi connectivity index (χ0v) is 5.56. The molecule has 0 amide bonds. The summed E-state index contributed by atoms with van der Waals surface area (Å²) in [6.45, 7) is 8.01. The van der Waals surface area contributed by atoms with Crippen LogP contribution in [-0.2, 0) is 0 Å². The Morgan fingerprint density at radius 3 is 2.00 bits per heavy atom. The molecule has 2 radical (unpaired) electrons. The Kier molecular flexibility index (Phi) is 1.93. The first-order valence-corrected chi connectivity index (χ1v) is 3.54. The molecule has 46 valence electrons. The van der Waals surface area contributed by atoms with E-state index >= 15 is 0 Å². The number of hydrogen-bond acceptors (Lipinski definition) is 0. The van der Waals surface area contributed by atoms with Crippen LogP contribution in [0, 0.1) is 18.8 Å². The first kappa shape index (κ1) is 6.12. The van der Waals surface area contributed by atoms with E-state index in [2.05, 4.69) is 6.92 Å². The molecule has 8 heavy (non-hydrogen) atoms. The van der Waals surface area contributed by atoms with Crippen LogP contribution in [0.1, 0.15) is 32.6 Å². The highest BCUT2D eigenvalue weighted by molar-refractivity contribution is 4.70. The Hall–Kier alpha value is 0. The summed E-state index contributed by atoms with van der Waals surface area (Å²) < 4.78 is 0. The molecule has 1 aliphatic carbocycles. The fraction of sp³-hybridized carbons (Fsp3) is 0.875. The fourth-order valence-electron chi connectivity index (χ4n) is 1.29. The average molecular weight is 110 g/mol. The van der Waals surface area contributed by atoms with Crippen molar-refractivity contribution in [1.82, 2.24) is 0 Å². The molecule has 0 bridgehead atoms. The number of hydrogen-bond donors (Lipinski definition) is 0. The Bertz CT molecular complexity index is 48.4. The molecule has 0 nitrogen and oxygen atoms in total. The smallest absolute Gasteiger partial charge is 0.0318 e. The van der Waals surface area contributed by atoms with Gasteiger partial charge >= 0.3 is 0 Å². The Morgan fingerprint density at radius 2 is 1.62 bits per heavy atom. The zero-order valence-electron chi connectivity index (χ0n) is 5.56. The molecule has 0 aromatic rings. The molecule has 0 aliphatic heterocycles. The van der Waals surface area contributed by atoms with Crippen LogP contribution in [0.3, 0.4) is 0 Å². The third-order valence-electron chi connectivity index (χ3n) is 2.06. The van der Waals surface area contributed by atoms with Gasteiger partial charge in [-0.05, 0) is 31.6 Å². The Balaban J connectivity index is 2.19. The SMILES string of the molecule is [CH]C1CCC(C)CC1. The highest BCUT2D eigenvalue weighted by atomic mass is 14.2. The van der Waals surface area contributed by atoms with Gasteiger partial charge in [0, 0.05) is 0 Å². The molecule has 0 aromatic carbocycles. The first-order valence-electron chi connectivity index (χ1n) is 3.54. The predicted octanol–water partition coefficient (Wildman–Crippen LogP) is 2.52. The molecule has 1 fully saturated rings. The van der Waals surface area contributed by atoms with Gasteiger partial charge in [0.1, 0.15) is 0 Å². The highest BCUT2D eigenvalue weighted by Gasteiger charge is 2.13. The van der Waals surface area contributed by atoms with E-state index in [0.29, 0.717) is 5.92 Å². The average Bonchev–Trinajstić information content (AvgIpc) is 1.77.